The van der Waals surface area contributed by atoms with Crippen LogP contribution in [0.4, 0.5) is 0 Å². The van der Waals surface area contributed by atoms with Gasteiger partial charge in [0.25, 0.3) is 0 Å². The molecule has 2 aliphatic rings. The molecule has 7 nitrogen and oxygen atoms in total. The number of phenolic OH excluding ortho intramolecular Hbond substituents is 1. The van der Waals surface area contributed by atoms with Crippen molar-refractivity contribution in [1.82, 2.24) is 0 Å². The van der Waals surface area contributed by atoms with Crippen LogP contribution in [0, 0.1) is 11.8 Å². The van der Waals surface area contributed by atoms with E-state index in [1.165, 1.54) is 18.2 Å². The highest BCUT2D eigenvalue weighted by molar-refractivity contribution is 6.08. The minimum absolute atomic E-state index is 0.0167. The predicted octanol–water partition coefficient (Wildman–Crippen LogP) is 0.257. The average Bonchev–Trinajstić information content (AvgIpc) is 2.51. The van der Waals surface area contributed by atoms with E-state index >= 15 is 0 Å². The van der Waals surface area contributed by atoms with E-state index in [9.17, 15) is 24.9 Å². The summed E-state index contributed by atoms with van der Waals surface area (Å²) < 4.78 is 10.5. The van der Waals surface area contributed by atoms with E-state index in [1.807, 2.05) is 0 Å². The van der Waals surface area contributed by atoms with Gasteiger partial charge in [-0.2, -0.15) is 0 Å². The van der Waals surface area contributed by atoms with Gasteiger partial charge in [0.2, 0.25) is 5.60 Å². The Bertz CT molecular complexity index is 670. The molecule has 0 saturated heterocycles. The molecule has 0 aromatic heterocycles. The molecule has 1 saturated carbocycles. The maximum atomic E-state index is 12.8. The smallest absolute Gasteiger partial charge is 0.353 e. The summed E-state index contributed by atoms with van der Waals surface area (Å²) in [6, 6.07) is 4.20. The van der Waals surface area contributed by atoms with Crippen LogP contribution in [0.5, 0.6) is 11.5 Å². The van der Waals surface area contributed by atoms with E-state index in [2.05, 4.69) is 0 Å². The molecule has 0 amide bonds. The zero-order valence-electron chi connectivity index (χ0n) is 12.7. The second-order valence-corrected chi connectivity index (χ2v) is 6.10. The van der Waals surface area contributed by atoms with Crippen molar-refractivity contribution in [1.29, 1.82) is 0 Å². The monoisotopic (exact) mass is 322 g/mol. The van der Waals surface area contributed by atoms with Gasteiger partial charge in [-0.1, -0.05) is 13.0 Å². The van der Waals surface area contributed by atoms with Gasteiger partial charge in [0.1, 0.15) is 29.1 Å². The molecular weight excluding hydrogens is 304 g/mol. The lowest BCUT2D eigenvalue weighted by molar-refractivity contribution is -0.201. The molecule has 7 heteroatoms. The third-order valence-electron chi connectivity index (χ3n) is 4.75. The van der Waals surface area contributed by atoms with Crippen LogP contribution in [0.25, 0.3) is 0 Å². The molecule has 1 aliphatic heterocycles. The predicted molar refractivity (Wildman–Crippen MR) is 77.1 cm³/mol. The van der Waals surface area contributed by atoms with E-state index in [-0.39, 0.29) is 23.5 Å². The number of phenols is 1. The summed E-state index contributed by atoms with van der Waals surface area (Å²) in [5.41, 5.74) is -2.12. The van der Waals surface area contributed by atoms with Crippen molar-refractivity contribution in [3.05, 3.63) is 23.8 Å². The average molecular weight is 322 g/mol. The summed E-state index contributed by atoms with van der Waals surface area (Å²) >= 11 is 0. The van der Waals surface area contributed by atoms with Gasteiger partial charge < -0.3 is 24.8 Å². The van der Waals surface area contributed by atoms with Crippen LogP contribution < -0.4 is 4.74 Å². The molecule has 0 radical (unpaired) electrons. The number of Topliss-reactive ketones (excluding diaryl/α,β-unsaturated/α-hetero) is 1. The van der Waals surface area contributed by atoms with Gasteiger partial charge in [-0.05, 0) is 24.5 Å². The number of hydrogen-bond acceptors (Lipinski definition) is 7. The summed E-state index contributed by atoms with van der Waals surface area (Å²) in [7, 11) is 1.12. The minimum atomic E-state index is -2.02. The molecule has 5 atom stereocenters. The molecule has 1 aromatic rings. The molecule has 3 rings (SSSR count). The number of benzene rings is 1. The fourth-order valence-corrected chi connectivity index (χ4v) is 3.67. The molecule has 1 heterocycles. The number of esters is 1. The largest absolute Gasteiger partial charge is 0.507 e. The number of methoxy groups -OCH3 is 1. The number of hydrogen-bond donors (Lipinski definition) is 3. The van der Waals surface area contributed by atoms with Gasteiger partial charge in [0.05, 0.1) is 13.2 Å². The third kappa shape index (κ3) is 1.96. The van der Waals surface area contributed by atoms with E-state index in [0.29, 0.717) is 0 Å². The first-order valence-corrected chi connectivity index (χ1v) is 7.34. The first-order valence-electron chi connectivity index (χ1n) is 7.34. The molecular formula is C16H18O7. The maximum Gasteiger partial charge on any atom is 0.353 e. The lowest BCUT2D eigenvalue weighted by Crippen LogP contribution is -2.70. The number of aliphatic hydroxyl groups excluding tert-OH is 2. The SMILES string of the molecule is COC(=O)[C@]12Oc3cccc(O)c3C(=O)[C@@H]1[C@H](O)C[C@@H](C)[C@@H]2O. The summed E-state index contributed by atoms with van der Waals surface area (Å²) in [6.07, 6.45) is -2.40. The molecule has 23 heavy (non-hydrogen) atoms. The third-order valence-corrected chi connectivity index (χ3v) is 4.75. The van der Waals surface area contributed by atoms with Crippen molar-refractivity contribution in [2.75, 3.05) is 7.11 Å². The van der Waals surface area contributed by atoms with Crippen molar-refractivity contribution in [2.24, 2.45) is 11.8 Å². The highest BCUT2D eigenvalue weighted by Gasteiger charge is 2.66. The lowest BCUT2D eigenvalue weighted by atomic mass is 9.63. The van der Waals surface area contributed by atoms with Crippen molar-refractivity contribution in [3.63, 3.8) is 0 Å². The molecule has 1 aromatic carbocycles. The normalized spacial score (nSPS) is 35.7. The number of carbonyl (C=O) groups excluding carboxylic acids is 2. The topological polar surface area (TPSA) is 113 Å². The Kier molecular flexibility index (Phi) is 3.57. The standard InChI is InChI=1S/C16H18O7/c1-7-6-9(18)12-13(19)11-8(17)4-3-5-10(11)23-16(12,14(7)20)15(21)22-2/h3-5,7,9,12,14,17-18,20H,6H2,1-2H3/t7-,9-,12+,14+,16+/m1/s1. The van der Waals surface area contributed by atoms with Crippen molar-refractivity contribution in [2.45, 2.75) is 31.2 Å². The van der Waals surface area contributed by atoms with Crippen LogP contribution in [0.15, 0.2) is 18.2 Å². The second kappa shape index (κ2) is 5.21. The fraction of sp³-hybridized carbons (Fsp3) is 0.500. The maximum absolute atomic E-state index is 12.8. The number of carbonyl (C=O) groups is 2. The van der Waals surface area contributed by atoms with Crippen LogP contribution in [0.2, 0.25) is 0 Å². The Morgan fingerprint density at radius 3 is 2.74 bits per heavy atom. The first-order chi connectivity index (χ1) is 10.8. The molecule has 1 aliphatic carbocycles. The van der Waals surface area contributed by atoms with Crippen LogP contribution in [0.1, 0.15) is 23.7 Å². The van der Waals surface area contributed by atoms with E-state index in [0.717, 1.165) is 7.11 Å². The van der Waals surface area contributed by atoms with Gasteiger partial charge in [-0.3, -0.25) is 4.79 Å². The van der Waals surface area contributed by atoms with Gasteiger partial charge in [-0.25, -0.2) is 4.79 Å². The number of aliphatic hydroxyl groups is 2. The Hall–Kier alpha value is -2.12. The van der Waals surface area contributed by atoms with E-state index < -0.39 is 41.4 Å². The molecule has 124 valence electrons. The molecule has 0 spiro atoms. The second-order valence-electron chi connectivity index (χ2n) is 6.10. The summed E-state index contributed by atoms with van der Waals surface area (Å²) in [4.78, 5) is 25.3. The minimum Gasteiger partial charge on any atom is -0.507 e. The van der Waals surface area contributed by atoms with Crippen LogP contribution >= 0.6 is 0 Å². The molecule has 0 unspecified atom stereocenters. The Morgan fingerprint density at radius 2 is 2.09 bits per heavy atom. The number of fused-ring (bicyclic) bond motifs is 2. The van der Waals surface area contributed by atoms with Crippen LogP contribution in [-0.4, -0.2) is 52.0 Å². The van der Waals surface area contributed by atoms with Gasteiger partial charge in [-0.15, -0.1) is 0 Å². The van der Waals surface area contributed by atoms with E-state index in [1.54, 1.807) is 6.92 Å². The van der Waals surface area contributed by atoms with Gasteiger partial charge in [0, 0.05) is 0 Å². The Balaban J connectivity index is 2.25. The molecule has 3 N–H and O–H groups in total. The van der Waals surface area contributed by atoms with Crippen molar-refractivity contribution < 1.29 is 34.4 Å². The van der Waals surface area contributed by atoms with Crippen molar-refractivity contribution in [3.8, 4) is 11.5 Å². The highest BCUT2D eigenvalue weighted by atomic mass is 16.6. The number of aromatic hydroxyl groups is 1. The number of ether oxygens (including phenoxy) is 2. The van der Waals surface area contributed by atoms with Gasteiger partial charge in [0.15, 0.2) is 5.78 Å². The van der Waals surface area contributed by atoms with E-state index in [4.69, 9.17) is 9.47 Å². The Labute approximate surface area is 132 Å². The highest BCUT2D eigenvalue weighted by Crippen LogP contribution is 2.49. The summed E-state index contributed by atoms with van der Waals surface area (Å²) in [5.74, 6) is -3.71. The zero-order valence-corrected chi connectivity index (χ0v) is 12.7. The van der Waals surface area contributed by atoms with Crippen LogP contribution in [0.3, 0.4) is 0 Å². The molecule has 1 fully saturated rings. The lowest BCUT2D eigenvalue weighted by Gasteiger charge is -2.50. The Morgan fingerprint density at radius 1 is 1.39 bits per heavy atom. The first kappa shape index (κ1) is 15.8. The fourth-order valence-electron chi connectivity index (χ4n) is 3.67. The summed E-state index contributed by atoms with van der Waals surface area (Å²) in [6.45, 7) is 1.65. The van der Waals surface area contributed by atoms with Gasteiger partial charge >= 0.3 is 5.97 Å². The summed E-state index contributed by atoms with van der Waals surface area (Å²) in [5, 5.41) is 30.9. The van der Waals surface area contributed by atoms with Crippen molar-refractivity contribution >= 4 is 11.8 Å². The number of rotatable bonds is 1. The zero-order chi connectivity index (χ0) is 16.9. The van der Waals surface area contributed by atoms with Crippen LogP contribution in [-0.2, 0) is 9.53 Å². The molecule has 0 bridgehead atoms. The number of ketones is 1. The quantitative estimate of drug-likeness (QED) is 0.635.